The third kappa shape index (κ3) is 4.00. The average molecular weight is 197 g/mol. The summed E-state index contributed by atoms with van der Waals surface area (Å²) < 4.78 is 0. The first kappa shape index (κ1) is 12.0. The van der Waals surface area contributed by atoms with E-state index in [0.717, 1.165) is 18.4 Å². The Morgan fingerprint density at radius 3 is 2.50 bits per heavy atom. The molecule has 1 aliphatic carbocycles. The minimum atomic E-state index is 0.982. The third-order valence-electron chi connectivity index (χ3n) is 3.65. The molecule has 0 aliphatic heterocycles. The topological polar surface area (TPSA) is 12.0 Å². The summed E-state index contributed by atoms with van der Waals surface area (Å²) in [4.78, 5) is 0. The van der Waals surface area contributed by atoms with Crippen LogP contribution in [-0.2, 0) is 0 Å². The first-order valence-electron chi connectivity index (χ1n) is 6.59. The van der Waals surface area contributed by atoms with Gasteiger partial charge in [0.25, 0.3) is 0 Å². The Kier molecular flexibility index (Phi) is 6.25. The molecular formula is C13H27N. The Hall–Kier alpha value is -0.0400. The van der Waals surface area contributed by atoms with Crippen LogP contribution in [0.15, 0.2) is 0 Å². The summed E-state index contributed by atoms with van der Waals surface area (Å²) in [7, 11) is 0. The van der Waals surface area contributed by atoms with Gasteiger partial charge in [-0.25, -0.2) is 0 Å². The van der Waals surface area contributed by atoms with Gasteiger partial charge in [-0.3, -0.25) is 0 Å². The maximum Gasteiger partial charge on any atom is -0.00180 e. The lowest BCUT2D eigenvalue weighted by Gasteiger charge is -2.34. The van der Waals surface area contributed by atoms with Gasteiger partial charge in [0, 0.05) is 0 Å². The zero-order chi connectivity index (χ0) is 10.2. The zero-order valence-corrected chi connectivity index (χ0v) is 10.0. The fourth-order valence-electron chi connectivity index (χ4n) is 2.40. The van der Waals surface area contributed by atoms with Gasteiger partial charge in [0.1, 0.15) is 0 Å². The molecule has 14 heavy (non-hydrogen) atoms. The van der Waals surface area contributed by atoms with Crippen molar-refractivity contribution in [3.8, 4) is 0 Å². The number of unbranched alkanes of at least 4 members (excludes halogenated alkanes) is 2. The number of nitrogens with one attached hydrogen (secondary N) is 1. The molecular weight excluding hydrogens is 170 g/mol. The molecule has 1 N–H and O–H groups in total. The van der Waals surface area contributed by atoms with Gasteiger partial charge in [-0.2, -0.15) is 0 Å². The second kappa shape index (κ2) is 7.28. The Bertz CT molecular complexity index is 129. The Morgan fingerprint density at radius 2 is 2.00 bits per heavy atom. The highest BCUT2D eigenvalue weighted by atomic mass is 14.8. The van der Waals surface area contributed by atoms with Crippen LogP contribution in [0, 0.1) is 11.8 Å². The molecule has 84 valence electrons. The zero-order valence-electron chi connectivity index (χ0n) is 10.0. The SMILES string of the molecule is CCCCCC(CNCC)C1CCC1. The summed E-state index contributed by atoms with van der Waals surface area (Å²) in [5.74, 6) is 2.04. The lowest BCUT2D eigenvalue weighted by molar-refractivity contribution is 0.188. The van der Waals surface area contributed by atoms with Crippen molar-refractivity contribution in [2.24, 2.45) is 11.8 Å². The van der Waals surface area contributed by atoms with E-state index in [9.17, 15) is 0 Å². The molecule has 1 aliphatic rings. The van der Waals surface area contributed by atoms with Crippen LogP contribution in [0.1, 0.15) is 58.8 Å². The molecule has 1 nitrogen and oxygen atoms in total. The van der Waals surface area contributed by atoms with E-state index in [1.54, 1.807) is 0 Å². The van der Waals surface area contributed by atoms with Gasteiger partial charge in [-0.05, 0) is 31.3 Å². The summed E-state index contributed by atoms with van der Waals surface area (Å²) in [5, 5.41) is 3.52. The number of rotatable bonds is 8. The second-order valence-corrected chi connectivity index (χ2v) is 4.75. The van der Waals surface area contributed by atoms with E-state index in [4.69, 9.17) is 0 Å². The quantitative estimate of drug-likeness (QED) is 0.586. The fourth-order valence-corrected chi connectivity index (χ4v) is 2.40. The Morgan fingerprint density at radius 1 is 1.21 bits per heavy atom. The minimum absolute atomic E-state index is 0.982. The normalized spacial score (nSPS) is 19.3. The lowest BCUT2D eigenvalue weighted by atomic mass is 9.74. The highest BCUT2D eigenvalue weighted by Gasteiger charge is 2.26. The van der Waals surface area contributed by atoms with Crippen LogP contribution in [0.3, 0.4) is 0 Å². The van der Waals surface area contributed by atoms with E-state index >= 15 is 0 Å². The van der Waals surface area contributed by atoms with Gasteiger partial charge in [0.15, 0.2) is 0 Å². The molecule has 0 heterocycles. The summed E-state index contributed by atoms with van der Waals surface area (Å²) in [6, 6.07) is 0. The van der Waals surface area contributed by atoms with Gasteiger partial charge in [0.05, 0.1) is 0 Å². The predicted octanol–water partition coefficient (Wildman–Crippen LogP) is 3.59. The van der Waals surface area contributed by atoms with Gasteiger partial charge in [-0.15, -0.1) is 0 Å². The van der Waals surface area contributed by atoms with Crippen molar-refractivity contribution in [2.75, 3.05) is 13.1 Å². The highest BCUT2D eigenvalue weighted by Crippen LogP contribution is 2.35. The molecule has 1 atom stereocenters. The van der Waals surface area contributed by atoms with E-state index in [1.165, 1.54) is 51.5 Å². The van der Waals surface area contributed by atoms with Crippen LogP contribution in [-0.4, -0.2) is 13.1 Å². The molecule has 1 rings (SSSR count). The van der Waals surface area contributed by atoms with Crippen LogP contribution in [0.2, 0.25) is 0 Å². The summed E-state index contributed by atoms with van der Waals surface area (Å²) in [5.41, 5.74) is 0. The average Bonchev–Trinajstić information content (AvgIpc) is 2.11. The van der Waals surface area contributed by atoms with Gasteiger partial charge >= 0.3 is 0 Å². The van der Waals surface area contributed by atoms with Crippen LogP contribution in [0.4, 0.5) is 0 Å². The van der Waals surface area contributed by atoms with E-state index in [0.29, 0.717) is 0 Å². The number of hydrogen-bond donors (Lipinski definition) is 1. The number of hydrogen-bond acceptors (Lipinski definition) is 1. The van der Waals surface area contributed by atoms with Gasteiger partial charge in [0.2, 0.25) is 0 Å². The van der Waals surface area contributed by atoms with Crippen LogP contribution in [0.25, 0.3) is 0 Å². The molecule has 0 amide bonds. The minimum Gasteiger partial charge on any atom is -0.317 e. The van der Waals surface area contributed by atoms with E-state index in [1.807, 2.05) is 0 Å². The smallest absolute Gasteiger partial charge is 0.00180 e. The standard InChI is InChI=1S/C13H27N/c1-3-5-6-8-13(11-14-4-2)12-9-7-10-12/h12-14H,3-11H2,1-2H3. The van der Waals surface area contributed by atoms with Gasteiger partial charge in [-0.1, -0.05) is 52.4 Å². The predicted molar refractivity (Wildman–Crippen MR) is 63.5 cm³/mol. The van der Waals surface area contributed by atoms with Gasteiger partial charge < -0.3 is 5.32 Å². The molecule has 0 aromatic heterocycles. The molecule has 0 spiro atoms. The molecule has 0 bridgehead atoms. The largest absolute Gasteiger partial charge is 0.317 e. The van der Waals surface area contributed by atoms with Crippen molar-refractivity contribution >= 4 is 0 Å². The summed E-state index contributed by atoms with van der Waals surface area (Å²) in [6.45, 7) is 6.91. The molecule has 1 unspecified atom stereocenters. The molecule has 0 radical (unpaired) electrons. The van der Waals surface area contributed by atoms with E-state index in [2.05, 4.69) is 19.2 Å². The van der Waals surface area contributed by atoms with Crippen molar-refractivity contribution in [1.82, 2.24) is 5.32 Å². The van der Waals surface area contributed by atoms with Crippen molar-refractivity contribution < 1.29 is 0 Å². The fraction of sp³-hybridized carbons (Fsp3) is 1.00. The Balaban J connectivity index is 2.14. The second-order valence-electron chi connectivity index (χ2n) is 4.75. The molecule has 1 heteroatoms. The highest BCUT2D eigenvalue weighted by molar-refractivity contribution is 4.78. The van der Waals surface area contributed by atoms with E-state index < -0.39 is 0 Å². The lowest BCUT2D eigenvalue weighted by Crippen LogP contribution is -2.31. The maximum atomic E-state index is 3.52. The molecule has 1 fully saturated rings. The van der Waals surface area contributed by atoms with E-state index in [-0.39, 0.29) is 0 Å². The molecule has 1 saturated carbocycles. The molecule has 0 aromatic carbocycles. The van der Waals surface area contributed by atoms with Crippen molar-refractivity contribution in [2.45, 2.75) is 58.8 Å². The summed E-state index contributed by atoms with van der Waals surface area (Å²) in [6.07, 6.45) is 10.2. The first-order chi connectivity index (χ1) is 6.88. The van der Waals surface area contributed by atoms with Crippen molar-refractivity contribution in [3.63, 3.8) is 0 Å². The van der Waals surface area contributed by atoms with Crippen LogP contribution in [0.5, 0.6) is 0 Å². The Labute approximate surface area is 89.7 Å². The van der Waals surface area contributed by atoms with Crippen LogP contribution >= 0.6 is 0 Å². The molecule has 0 saturated heterocycles. The van der Waals surface area contributed by atoms with Crippen molar-refractivity contribution in [1.29, 1.82) is 0 Å². The summed E-state index contributed by atoms with van der Waals surface area (Å²) >= 11 is 0. The monoisotopic (exact) mass is 197 g/mol. The third-order valence-corrected chi connectivity index (χ3v) is 3.65. The van der Waals surface area contributed by atoms with Crippen LogP contribution < -0.4 is 5.32 Å². The molecule has 0 aromatic rings. The van der Waals surface area contributed by atoms with Crippen molar-refractivity contribution in [3.05, 3.63) is 0 Å². The maximum absolute atomic E-state index is 3.52. The first-order valence-corrected chi connectivity index (χ1v) is 6.59.